The van der Waals surface area contributed by atoms with Crippen LogP contribution in [0.1, 0.15) is 20.3 Å². The normalized spacial score (nSPS) is 11.7. The second kappa shape index (κ2) is 10.4. The first-order chi connectivity index (χ1) is 9.56. The third-order valence-corrected chi connectivity index (χ3v) is 2.74. The standard InChI is InChI=1S/C15H24N2O3.ClH/c1-11(2)10-20-14-7-5-4-6-13(14)17-15(18)8-12(9-16)19-3;/h4-7,11-12H,8-10,16H2,1-3H3,(H,17,18);1H. The van der Waals surface area contributed by atoms with Crippen molar-refractivity contribution in [2.24, 2.45) is 11.7 Å². The number of benzene rings is 1. The fourth-order valence-corrected chi connectivity index (χ4v) is 1.62. The Labute approximate surface area is 132 Å². The number of nitrogens with two attached hydrogens (primary N) is 1. The van der Waals surface area contributed by atoms with Crippen molar-refractivity contribution in [2.75, 3.05) is 25.6 Å². The van der Waals surface area contributed by atoms with Gasteiger partial charge in [0.15, 0.2) is 0 Å². The van der Waals surface area contributed by atoms with Crippen LogP contribution in [0.3, 0.4) is 0 Å². The lowest BCUT2D eigenvalue weighted by atomic mass is 10.2. The molecule has 1 rings (SSSR count). The predicted octanol–water partition coefficient (Wildman–Crippen LogP) is 2.45. The molecule has 0 aliphatic carbocycles. The van der Waals surface area contributed by atoms with E-state index in [1.165, 1.54) is 0 Å². The van der Waals surface area contributed by atoms with Gasteiger partial charge in [0, 0.05) is 13.7 Å². The third-order valence-electron chi connectivity index (χ3n) is 2.74. The van der Waals surface area contributed by atoms with Crippen molar-refractivity contribution in [3.63, 3.8) is 0 Å². The van der Waals surface area contributed by atoms with Crippen LogP contribution in [0.5, 0.6) is 5.75 Å². The first kappa shape index (κ1) is 19.7. The Hall–Kier alpha value is -1.30. The minimum absolute atomic E-state index is 0. The van der Waals surface area contributed by atoms with E-state index in [1.54, 1.807) is 7.11 Å². The average Bonchev–Trinajstić information content (AvgIpc) is 2.43. The van der Waals surface area contributed by atoms with Crippen molar-refractivity contribution in [3.8, 4) is 5.75 Å². The summed E-state index contributed by atoms with van der Waals surface area (Å²) in [6.07, 6.45) is -0.0374. The molecule has 1 atom stereocenters. The summed E-state index contributed by atoms with van der Waals surface area (Å²) >= 11 is 0. The number of amides is 1. The maximum absolute atomic E-state index is 11.9. The number of hydrogen-bond acceptors (Lipinski definition) is 4. The summed E-state index contributed by atoms with van der Waals surface area (Å²) in [6, 6.07) is 7.39. The topological polar surface area (TPSA) is 73.6 Å². The summed E-state index contributed by atoms with van der Waals surface area (Å²) < 4.78 is 10.8. The zero-order chi connectivity index (χ0) is 15.0. The SMILES string of the molecule is COC(CN)CC(=O)Nc1ccccc1OCC(C)C.Cl. The van der Waals surface area contributed by atoms with E-state index in [4.69, 9.17) is 15.2 Å². The van der Waals surface area contributed by atoms with Gasteiger partial charge in [-0.3, -0.25) is 4.79 Å². The van der Waals surface area contributed by atoms with Gasteiger partial charge >= 0.3 is 0 Å². The van der Waals surface area contributed by atoms with E-state index in [-0.39, 0.29) is 30.8 Å². The minimum Gasteiger partial charge on any atom is -0.491 e. The number of ether oxygens (including phenoxy) is 2. The van der Waals surface area contributed by atoms with E-state index in [9.17, 15) is 4.79 Å². The summed E-state index contributed by atoms with van der Waals surface area (Å²) in [6.45, 7) is 5.07. The molecule has 0 radical (unpaired) electrons. The van der Waals surface area contributed by atoms with E-state index >= 15 is 0 Å². The lowest BCUT2D eigenvalue weighted by molar-refractivity contribution is -0.118. The quantitative estimate of drug-likeness (QED) is 0.772. The predicted molar refractivity (Wildman–Crippen MR) is 87.1 cm³/mol. The van der Waals surface area contributed by atoms with E-state index in [0.717, 1.165) is 0 Å². The molecular weight excluding hydrogens is 292 g/mol. The largest absolute Gasteiger partial charge is 0.491 e. The Bertz CT molecular complexity index is 423. The molecule has 1 aromatic carbocycles. The lowest BCUT2D eigenvalue weighted by Gasteiger charge is -2.15. The van der Waals surface area contributed by atoms with Crippen LogP contribution in [0.25, 0.3) is 0 Å². The van der Waals surface area contributed by atoms with Crippen molar-refractivity contribution in [2.45, 2.75) is 26.4 Å². The molecule has 0 aromatic heterocycles. The summed E-state index contributed by atoms with van der Waals surface area (Å²) in [5.74, 6) is 0.966. The maximum Gasteiger partial charge on any atom is 0.227 e. The van der Waals surface area contributed by atoms with Gasteiger partial charge in [-0.1, -0.05) is 26.0 Å². The third kappa shape index (κ3) is 7.32. The van der Waals surface area contributed by atoms with Crippen LogP contribution in [0.4, 0.5) is 5.69 Å². The molecule has 0 saturated carbocycles. The Morgan fingerprint density at radius 3 is 2.57 bits per heavy atom. The van der Waals surface area contributed by atoms with E-state index < -0.39 is 0 Å². The monoisotopic (exact) mass is 316 g/mol. The number of methoxy groups -OCH3 is 1. The molecule has 0 fully saturated rings. The summed E-state index contributed by atoms with van der Waals surface area (Å²) in [5, 5.41) is 2.83. The van der Waals surface area contributed by atoms with Crippen LogP contribution < -0.4 is 15.8 Å². The molecular formula is C15H25ClN2O3. The number of anilines is 1. The number of hydrogen-bond donors (Lipinski definition) is 2. The molecule has 0 aliphatic rings. The smallest absolute Gasteiger partial charge is 0.227 e. The van der Waals surface area contributed by atoms with Gasteiger partial charge in [0.1, 0.15) is 5.75 Å². The lowest BCUT2D eigenvalue weighted by Crippen LogP contribution is -2.28. The van der Waals surface area contributed by atoms with Crippen molar-refractivity contribution < 1.29 is 14.3 Å². The number of nitrogens with one attached hydrogen (secondary N) is 1. The number of halogens is 1. The second-order valence-electron chi connectivity index (χ2n) is 5.05. The van der Waals surface area contributed by atoms with Crippen molar-refractivity contribution in [3.05, 3.63) is 24.3 Å². The molecule has 1 aromatic rings. The van der Waals surface area contributed by atoms with Gasteiger partial charge in [0.05, 0.1) is 24.8 Å². The highest BCUT2D eigenvalue weighted by Crippen LogP contribution is 2.24. The van der Waals surface area contributed by atoms with Gasteiger partial charge in [-0.2, -0.15) is 0 Å². The number of carbonyl (C=O) groups is 1. The number of carbonyl (C=O) groups excluding carboxylic acids is 1. The van der Waals surface area contributed by atoms with Crippen LogP contribution in [-0.4, -0.2) is 32.3 Å². The van der Waals surface area contributed by atoms with Gasteiger partial charge in [-0.25, -0.2) is 0 Å². The Balaban J connectivity index is 0.00000400. The highest BCUT2D eigenvalue weighted by atomic mass is 35.5. The fraction of sp³-hybridized carbons (Fsp3) is 0.533. The summed E-state index contributed by atoms with van der Waals surface area (Å²) in [7, 11) is 1.55. The first-order valence-corrected chi connectivity index (χ1v) is 6.81. The summed E-state index contributed by atoms with van der Waals surface area (Å²) in [5.41, 5.74) is 6.18. The van der Waals surface area contributed by atoms with Crippen molar-refractivity contribution in [1.82, 2.24) is 0 Å². The molecule has 21 heavy (non-hydrogen) atoms. The molecule has 0 heterocycles. The van der Waals surface area contributed by atoms with Gasteiger partial charge in [0.2, 0.25) is 5.91 Å². The fourth-order valence-electron chi connectivity index (χ4n) is 1.62. The molecule has 0 saturated heterocycles. The maximum atomic E-state index is 11.9. The van der Waals surface area contributed by atoms with E-state index in [1.807, 2.05) is 24.3 Å². The van der Waals surface area contributed by atoms with Crippen LogP contribution in [0, 0.1) is 5.92 Å². The zero-order valence-electron chi connectivity index (χ0n) is 12.8. The highest BCUT2D eigenvalue weighted by Gasteiger charge is 2.13. The molecule has 5 nitrogen and oxygen atoms in total. The Kier molecular flexibility index (Phi) is 9.78. The molecule has 0 aliphatic heterocycles. The van der Waals surface area contributed by atoms with Crippen molar-refractivity contribution in [1.29, 1.82) is 0 Å². The zero-order valence-corrected chi connectivity index (χ0v) is 13.6. The Morgan fingerprint density at radius 1 is 1.33 bits per heavy atom. The van der Waals surface area contributed by atoms with Gasteiger partial charge < -0.3 is 20.5 Å². The molecule has 120 valence electrons. The Morgan fingerprint density at radius 2 is 2.00 bits per heavy atom. The average molecular weight is 317 g/mol. The minimum atomic E-state index is -0.265. The number of para-hydroxylation sites is 2. The molecule has 0 spiro atoms. The molecule has 0 bridgehead atoms. The van der Waals surface area contributed by atoms with E-state index in [0.29, 0.717) is 30.5 Å². The van der Waals surface area contributed by atoms with Crippen molar-refractivity contribution >= 4 is 24.0 Å². The van der Waals surface area contributed by atoms with Crippen LogP contribution in [0.15, 0.2) is 24.3 Å². The molecule has 6 heteroatoms. The first-order valence-electron chi connectivity index (χ1n) is 6.81. The molecule has 1 unspecified atom stereocenters. The van der Waals surface area contributed by atoms with Gasteiger partial charge in [-0.15, -0.1) is 12.4 Å². The van der Waals surface area contributed by atoms with Crippen LogP contribution in [-0.2, 0) is 9.53 Å². The second-order valence-corrected chi connectivity index (χ2v) is 5.05. The van der Waals surface area contributed by atoms with Crippen LogP contribution in [0.2, 0.25) is 0 Å². The molecule has 1 amide bonds. The van der Waals surface area contributed by atoms with Gasteiger partial charge in [-0.05, 0) is 18.1 Å². The van der Waals surface area contributed by atoms with Gasteiger partial charge in [0.25, 0.3) is 0 Å². The van der Waals surface area contributed by atoms with E-state index in [2.05, 4.69) is 19.2 Å². The van der Waals surface area contributed by atoms with Crippen LogP contribution >= 0.6 is 12.4 Å². The summed E-state index contributed by atoms with van der Waals surface area (Å²) in [4.78, 5) is 11.9. The number of rotatable bonds is 8. The molecule has 3 N–H and O–H groups in total. The highest BCUT2D eigenvalue weighted by molar-refractivity contribution is 5.92.